The Labute approximate surface area is 118 Å². The van der Waals surface area contributed by atoms with Crippen molar-refractivity contribution in [2.45, 2.75) is 26.4 Å². The summed E-state index contributed by atoms with van der Waals surface area (Å²) >= 11 is 0. The zero-order chi connectivity index (χ0) is 14.9. The summed E-state index contributed by atoms with van der Waals surface area (Å²) in [4.78, 5) is 0. The summed E-state index contributed by atoms with van der Waals surface area (Å²) in [5, 5.41) is 10.9. The minimum absolute atomic E-state index is 0.322. The van der Waals surface area contributed by atoms with Gasteiger partial charge in [0.05, 0.1) is 7.11 Å². The molecule has 0 heterocycles. The molecule has 0 amide bonds. The fraction of sp³-hybridized carbons (Fsp3) is 0.294. The monoisotopic (exact) mass is 274 g/mol. The Morgan fingerprint density at radius 1 is 1.10 bits per heavy atom. The van der Waals surface area contributed by atoms with E-state index in [0.29, 0.717) is 16.9 Å². The standard InChI is InChI=1S/C17H19FO2/c1-11-9-12(2)16(15(10-11)20-4)17(3,19)13-5-7-14(18)8-6-13/h5-10,19H,1-4H3. The number of halogens is 1. The molecule has 20 heavy (non-hydrogen) atoms. The van der Waals surface area contributed by atoms with E-state index in [1.807, 2.05) is 26.0 Å². The molecule has 106 valence electrons. The van der Waals surface area contributed by atoms with E-state index in [1.165, 1.54) is 12.1 Å². The SMILES string of the molecule is COc1cc(C)cc(C)c1C(C)(O)c1ccc(F)cc1. The van der Waals surface area contributed by atoms with E-state index in [1.54, 1.807) is 26.2 Å². The van der Waals surface area contributed by atoms with E-state index in [2.05, 4.69) is 0 Å². The molecule has 0 radical (unpaired) electrons. The Morgan fingerprint density at radius 2 is 1.70 bits per heavy atom. The normalized spacial score (nSPS) is 13.9. The van der Waals surface area contributed by atoms with E-state index >= 15 is 0 Å². The molecular formula is C17H19FO2. The molecule has 0 bridgehead atoms. The van der Waals surface area contributed by atoms with Crippen molar-refractivity contribution in [3.63, 3.8) is 0 Å². The van der Waals surface area contributed by atoms with Crippen molar-refractivity contribution < 1.29 is 14.2 Å². The maximum Gasteiger partial charge on any atom is 0.125 e. The molecule has 3 heteroatoms. The van der Waals surface area contributed by atoms with E-state index in [0.717, 1.165) is 11.1 Å². The number of aryl methyl sites for hydroxylation is 2. The smallest absolute Gasteiger partial charge is 0.125 e. The van der Waals surface area contributed by atoms with E-state index in [4.69, 9.17) is 4.74 Å². The predicted octanol–water partition coefficient (Wildman–Crippen LogP) is 3.71. The Bertz CT molecular complexity index is 616. The number of hydrogen-bond donors (Lipinski definition) is 1. The van der Waals surface area contributed by atoms with Gasteiger partial charge in [-0.15, -0.1) is 0 Å². The topological polar surface area (TPSA) is 29.5 Å². The molecule has 0 saturated carbocycles. The molecule has 1 atom stereocenters. The number of methoxy groups -OCH3 is 1. The molecule has 0 aromatic heterocycles. The lowest BCUT2D eigenvalue weighted by atomic mass is 9.84. The van der Waals surface area contributed by atoms with Gasteiger partial charge in [-0.2, -0.15) is 0 Å². The third-order valence-corrected chi connectivity index (χ3v) is 3.56. The molecular weight excluding hydrogens is 255 g/mol. The van der Waals surface area contributed by atoms with Gasteiger partial charge in [-0.25, -0.2) is 4.39 Å². The average molecular weight is 274 g/mol. The van der Waals surface area contributed by atoms with Gasteiger partial charge < -0.3 is 9.84 Å². The highest BCUT2D eigenvalue weighted by atomic mass is 19.1. The van der Waals surface area contributed by atoms with Gasteiger partial charge in [-0.05, 0) is 55.7 Å². The van der Waals surface area contributed by atoms with Crippen molar-refractivity contribution in [3.05, 3.63) is 64.5 Å². The van der Waals surface area contributed by atoms with E-state index in [9.17, 15) is 9.50 Å². The maximum absolute atomic E-state index is 13.0. The van der Waals surface area contributed by atoms with Gasteiger partial charge >= 0.3 is 0 Å². The number of rotatable bonds is 3. The molecule has 2 nitrogen and oxygen atoms in total. The van der Waals surface area contributed by atoms with Crippen LogP contribution in [0.4, 0.5) is 4.39 Å². The highest BCUT2D eigenvalue weighted by Crippen LogP contribution is 2.38. The van der Waals surface area contributed by atoms with E-state index in [-0.39, 0.29) is 5.82 Å². The first-order chi connectivity index (χ1) is 9.36. The van der Waals surface area contributed by atoms with Crippen molar-refractivity contribution >= 4 is 0 Å². The lowest BCUT2D eigenvalue weighted by Gasteiger charge is -2.28. The summed E-state index contributed by atoms with van der Waals surface area (Å²) in [6, 6.07) is 9.76. The molecule has 1 N–H and O–H groups in total. The van der Waals surface area contributed by atoms with Crippen LogP contribution in [0, 0.1) is 19.7 Å². The molecule has 0 saturated heterocycles. The third-order valence-electron chi connectivity index (χ3n) is 3.56. The third kappa shape index (κ3) is 2.54. The zero-order valence-corrected chi connectivity index (χ0v) is 12.2. The molecule has 0 aliphatic heterocycles. The minimum atomic E-state index is -1.24. The second kappa shape index (κ2) is 5.25. The second-order valence-corrected chi connectivity index (χ2v) is 5.24. The Morgan fingerprint density at radius 3 is 2.25 bits per heavy atom. The van der Waals surface area contributed by atoms with Crippen molar-refractivity contribution in [3.8, 4) is 5.75 Å². The van der Waals surface area contributed by atoms with Crippen LogP contribution in [-0.4, -0.2) is 12.2 Å². The van der Waals surface area contributed by atoms with Crippen LogP contribution in [0.15, 0.2) is 36.4 Å². The Kier molecular flexibility index (Phi) is 3.82. The first-order valence-electron chi connectivity index (χ1n) is 6.50. The minimum Gasteiger partial charge on any atom is -0.496 e. The Hall–Kier alpha value is -1.87. The van der Waals surface area contributed by atoms with Crippen molar-refractivity contribution in [1.29, 1.82) is 0 Å². The summed E-state index contributed by atoms with van der Waals surface area (Å²) in [6.45, 7) is 5.61. The van der Waals surface area contributed by atoms with Crippen LogP contribution in [0.2, 0.25) is 0 Å². The molecule has 0 fully saturated rings. The van der Waals surface area contributed by atoms with Gasteiger partial charge in [-0.3, -0.25) is 0 Å². The molecule has 0 aliphatic rings. The number of hydrogen-bond acceptors (Lipinski definition) is 2. The fourth-order valence-corrected chi connectivity index (χ4v) is 2.63. The van der Waals surface area contributed by atoms with Crippen LogP contribution in [0.5, 0.6) is 5.75 Å². The van der Waals surface area contributed by atoms with Crippen LogP contribution in [-0.2, 0) is 5.60 Å². The zero-order valence-electron chi connectivity index (χ0n) is 12.2. The molecule has 1 unspecified atom stereocenters. The van der Waals surface area contributed by atoms with Gasteiger partial charge in [0.2, 0.25) is 0 Å². The highest BCUT2D eigenvalue weighted by Gasteiger charge is 2.31. The largest absolute Gasteiger partial charge is 0.496 e. The molecule has 2 aromatic carbocycles. The lowest BCUT2D eigenvalue weighted by molar-refractivity contribution is 0.0981. The molecule has 0 aliphatic carbocycles. The van der Waals surface area contributed by atoms with Gasteiger partial charge in [-0.1, -0.05) is 18.2 Å². The van der Waals surface area contributed by atoms with Crippen molar-refractivity contribution in [2.24, 2.45) is 0 Å². The summed E-state index contributed by atoms with van der Waals surface area (Å²) in [5.41, 5.74) is 2.10. The molecule has 2 aromatic rings. The first-order valence-corrected chi connectivity index (χ1v) is 6.50. The lowest BCUT2D eigenvalue weighted by Crippen LogP contribution is -2.25. The van der Waals surface area contributed by atoms with Crippen LogP contribution >= 0.6 is 0 Å². The summed E-state index contributed by atoms with van der Waals surface area (Å²) in [7, 11) is 1.58. The van der Waals surface area contributed by atoms with Crippen LogP contribution in [0.1, 0.15) is 29.2 Å². The summed E-state index contributed by atoms with van der Waals surface area (Å²) in [6.07, 6.45) is 0. The summed E-state index contributed by atoms with van der Waals surface area (Å²) < 4.78 is 18.5. The second-order valence-electron chi connectivity index (χ2n) is 5.24. The summed E-state index contributed by atoms with van der Waals surface area (Å²) in [5.74, 6) is 0.314. The van der Waals surface area contributed by atoms with Gasteiger partial charge in [0.15, 0.2) is 0 Å². The first kappa shape index (κ1) is 14.5. The van der Waals surface area contributed by atoms with Gasteiger partial charge in [0, 0.05) is 5.56 Å². The Balaban J connectivity index is 2.62. The van der Waals surface area contributed by atoms with Gasteiger partial charge in [0.1, 0.15) is 17.2 Å². The van der Waals surface area contributed by atoms with Crippen molar-refractivity contribution in [2.75, 3.05) is 7.11 Å². The highest BCUT2D eigenvalue weighted by molar-refractivity contribution is 5.50. The fourth-order valence-electron chi connectivity index (χ4n) is 2.63. The molecule has 0 spiro atoms. The molecule has 2 rings (SSSR count). The number of benzene rings is 2. The van der Waals surface area contributed by atoms with E-state index < -0.39 is 5.60 Å². The number of ether oxygens (including phenoxy) is 1. The van der Waals surface area contributed by atoms with Crippen molar-refractivity contribution in [1.82, 2.24) is 0 Å². The number of aliphatic hydroxyl groups is 1. The van der Waals surface area contributed by atoms with Crippen LogP contribution < -0.4 is 4.74 Å². The van der Waals surface area contributed by atoms with Gasteiger partial charge in [0.25, 0.3) is 0 Å². The van der Waals surface area contributed by atoms with Crippen LogP contribution in [0.25, 0.3) is 0 Å². The van der Waals surface area contributed by atoms with Crippen LogP contribution in [0.3, 0.4) is 0 Å². The predicted molar refractivity (Wildman–Crippen MR) is 77.5 cm³/mol. The quantitative estimate of drug-likeness (QED) is 0.924. The average Bonchev–Trinajstić information content (AvgIpc) is 2.37. The maximum atomic E-state index is 13.0.